The number of hydrogen-bond acceptors (Lipinski definition) is 5. The third-order valence-corrected chi connectivity index (χ3v) is 5.04. The smallest absolute Gasteiger partial charge is 0.352 e. The van der Waals surface area contributed by atoms with Crippen LogP contribution in [0.2, 0.25) is 0 Å². The molecule has 0 saturated carbocycles. The molecule has 0 unspecified atom stereocenters. The van der Waals surface area contributed by atoms with Crippen molar-refractivity contribution in [2.24, 2.45) is 7.05 Å². The van der Waals surface area contributed by atoms with Gasteiger partial charge in [-0.3, -0.25) is 9.78 Å². The summed E-state index contributed by atoms with van der Waals surface area (Å²) in [7, 11) is 1.56. The SMILES string of the molecule is Cc1n[nH]c(C)c1Cn1cc(-n2c(=O)n(C)n(CCOc3ccccc3)c2=O)cn1. The molecular weight excluding hydrogens is 386 g/mol. The molecule has 0 aliphatic carbocycles. The summed E-state index contributed by atoms with van der Waals surface area (Å²) in [4.78, 5) is 25.6. The molecule has 3 aromatic heterocycles. The lowest BCUT2D eigenvalue weighted by Gasteiger charge is -2.07. The summed E-state index contributed by atoms with van der Waals surface area (Å²) in [6.07, 6.45) is 3.19. The molecule has 0 radical (unpaired) electrons. The number of aromatic amines is 1. The molecular formula is C20H23N7O3. The van der Waals surface area contributed by atoms with Crippen LogP contribution in [-0.4, -0.2) is 40.5 Å². The van der Waals surface area contributed by atoms with Gasteiger partial charge in [0.25, 0.3) is 0 Å². The van der Waals surface area contributed by atoms with Crippen LogP contribution in [0.25, 0.3) is 5.69 Å². The normalized spacial score (nSPS) is 11.2. The number of aromatic nitrogens is 7. The highest BCUT2D eigenvalue weighted by molar-refractivity contribution is 5.27. The first-order valence-corrected chi connectivity index (χ1v) is 9.55. The van der Waals surface area contributed by atoms with E-state index in [9.17, 15) is 9.59 Å². The molecule has 0 saturated heterocycles. The Balaban J connectivity index is 1.55. The number of H-pyrrole nitrogens is 1. The van der Waals surface area contributed by atoms with E-state index in [1.807, 2.05) is 44.2 Å². The minimum atomic E-state index is -0.436. The van der Waals surface area contributed by atoms with Gasteiger partial charge in [0, 0.05) is 24.5 Å². The zero-order valence-electron chi connectivity index (χ0n) is 17.1. The summed E-state index contributed by atoms with van der Waals surface area (Å²) >= 11 is 0. The fourth-order valence-electron chi connectivity index (χ4n) is 3.33. The lowest BCUT2D eigenvalue weighted by atomic mass is 10.2. The number of nitrogens with zero attached hydrogens (tertiary/aromatic N) is 6. The van der Waals surface area contributed by atoms with Crippen molar-refractivity contribution in [1.82, 2.24) is 33.9 Å². The van der Waals surface area contributed by atoms with Gasteiger partial charge in [-0.15, -0.1) is 0 Å². The zero-order chi connectivity index (χ0) is 21.3. The van der Waals surface area contributed by atoms with E-state index < -0.39 is 11.4 Å². The summed E-state index contributed by atoms with van der Waals surface area (Å²) in [6, 6.07) is 9.32. The van der Waals surface area contributed by atoms with E-state index in [0.717, 1.165) is 21.5 Å². The second kappa shape index (κ2) is 7.90. The molecule has 0 amide bonds. The molecule has 0 bridgehead atoms. The van der Waals surface area contributed by atoms with Crippen LogP contribution in [0.15, 0.2) is 52.3 Å². The average molecular weight is 409 g/mol. The molecule has 0 spiro atoms. The zero-order valence-corrected chi connectivity index (χ0v) is 17.1. The fraction of sp³-hybridized carbons (Fsp3) is 0.300. The van der Waals surface area contributed by atoms with E-state index in [1.165, 1.54) is 15.6 Å². The van der Waals surface area contributed by atoms with E-state index in [-0.39, 0.29) is 13.2 Å². The van der Waals surface area contributed by atoms with E-state index in [0.29, 0.717) is 18.0 Å². The van der Waals surface area contributed by atoms with Crippen molar-refractivity contribution in [2.75, 3.05) is 6.61 Å². The van der Waals surface area contributed by atoms with Gasteiger partial charge >= 0.3 is 11.4 Å². The van der Waals surface area contributed by atoms with Crippen LogP contribution in [0.5, 0.6) is 5.75 Å². The van der Waals surface area contributed by atoms with Gasteiger partial charge in [0.1, 0.15) is 12.4 Å². The van der Waals surface area contributed by atoms with Gasteiger partial charge in [-0.25, -0.2) is 23.5 Å². The quantitative estimate of drug-likeness (QED) is 0.490. The van der Waals surface area contributed by atoms with Gasteiger partial charge in [-0.1, -0.05) is 18.2 Å². The summed E-state index contributed by atoms with van der Waals surface area (Å²) in [6.45, 7) is 4.86. The topological polar surface area (TPSA) is 105 Å². The van der Waals surface area contributed by atoms with Crippen molar-refractivity contribution in [2.45, 2.75) is 26.9 Å². The van der Waals surface area contributed by atoms with E-state index in [4.69, 9.17) is 4.74 Å². The standard InChI is InChI=1S/C20H23N7O3/c1-14-18(15(2)23-22-14)13-25-12-16(11-21-25)27-19(28)24(3)26(20(27)29)9-10-30-17-7-5-4-6-8-17/h4-8,11-12H,9-10,13H2,1-3H3,(H,22,23). The van der Waals surface area contributed by atoms with Gasteiger partial charge in [0.2, 0.25) is 0 Å². The summed E-state index contributed by atoms with van der Waals surface area (Å²) < 4.78 is 11.1. The molecule has 10 nitrogen and oxygen atoms in total. The lowest BCUT2D eigenvalue weighted by Crippen LogP contribution is -2.28. The Kier molecular flexibility index (Phi) is 5.13. The minimum Gasteiger partial charge on any atom is -0.492 e. The van der Waals surface area contributed by atoms with E-state index in [2.05, 4.69) is 15.3 Å². The third-order valence-electron chi connectivity index (χ3n) is 5.04. The Labute approximate surface area is 171 Å². The molecule has 0 aliphatic heterocycles. The second-order valence-corrected chi connectivity index (χ2v) is 7.02. The maximum atomic E-state index is 12.9. The number of aryl methyl sites for hydroxylation is 2. The lowest BCUT2D eigenvalue weighted by molar-refractivity contribution is 0.278. The average Bonchev–Trinajstić information content (AvgIpc) is 3.38. The molecule has 1 aromatic carbocycles. The second-order valence-electron chi connectivity index (χ2n) is 7.02. The number of benzene rings is 1. The van der Waals surface area contributed by atoms with Crippen molar-refractivity contribution >= 4 is 0 Å². The maximum Gasteiger partial charge on any atom is 0.352 e. The first-order chi connectivity index (χ1) is 14.5. The van der Waals surface area contributed by atoms with Crippen LogP contribution in [0, 0.1) is 13.8 Å². The largest absolute Gasteiger partial charge is 0.492 e. The molecule has 4 rings (SSSR count). The molecule has 0 fully saturated rings. The summed E-state index contributed by atoms with van der Waals surface area (Å²) in [5, 5.41) is 11.4. The van der Waals surface area contributed by atoms with Gasteiger partial charge in [0.05, 0.1) is 30.7 Å². The van der Waals surface area contributed by atoms with Crippen molar-refractivity contribution in [3.8, 4) is 11.4 Å². The van der Waals surface area contributed by atoms with Gasteiger partial charge in [0.15, 0.2) is 0 Å². The number of rotatable bonds is 7. The van der Waals surface area contributed by atoms with Crippen molar-refractivity contribution < 1.29 is 4.74 Å². The molecule has 30 heavy (non-hydrogen) atoms. The highest BCUT2D eigenvalue weighted by Crippen LogP contribution is 2.12. The predicted molar refractivity (Wildman–Crippen MR) is 110 cm³/mol. The van der Waals surface area contributed by atoms with E-state index in [1.54, 1.807) is 17.9 Å². The molecule has 0 atom stereocenters. The molecule has 4 aromatic rings. The van der Waals surface area contributed by atoms with Gasteiger partial charge in [-0.2, -0.15) is 10.2 Å². The summed E-state index contributed by atoms with van der Waals surface area (Å²) in [5.41, 5.74) is 2.43. The molecule has 156 valence electrons. The van der Waals surface area contributed by atoms with Crippen LogP contribution >= 0.6 is 0 Å². The van der Waals surface area contributed by atoms with E-state index >= 15 is 0 Å². The van der Waals surface area contributed by atoms with Crippen molar-refractivity contribution in [3.05, 3.63) is 80.6 Å². The van der Waals surface area contributed by atoms with Gasteiger partial charge in [-0.05, 0) is 26.0 Å². The highest BCUT2D eigenvalue weighted by atomic mass is 16.5. The molecule has 10 heteroatoms. The molecule has 0 aliphatic rings. The Hall–Kier alpha value is -3.82. The minimum absolute atomic E-state index is 0.244. The number of hydrogen-bond donors (Lipinski definition) is 1. The fourth-order valence-corrected chi connectivity index (χ4v) is 3.33. The highest BCUT2D eigenvalue weighted by Gasteiger charge is 2.17. The Morgan fingerprint density at radius 1 is 1.10 bits per heavy atom. The molecule has 3 heterocycles. The third kappa shape index (κ3) is 3.59. The summed E-state index contributed by atoms with van der Waals surface area (Å²) in [5.74, 6) is 0.709. The van der Waals surface area contributed by atoms with Crippen LogP contribution in [0.4, 0.5) is 0 Å². The van der Waals surface area contributed by atoms with Crippen molar-refractivity contribution in [3.63, 3.8) is 0 Å². The first-order valence-electron chi connectivity index (χ1n) is 9.55. The predicted octanol–water partition coefficient (Wildman–Crippen LogP) is 1.00. The Morgan fingerprint density at radius 2 is 1.87 bits per heavy atom. The number of ether oxygens (including phenoxy) is 1. The van der Waals surface area contributed by atoms with Crippen LogP contribution in [0.1, 0.15) is 17.0 Å². The maximum absolute atomic E-state index is 12.9. The number of para-hydroxylation sites is 1. The van der Waals surface area contributed by atoms with Crippen molar-refractivity contribution in [1.29, 1.82) is 0 Å². The Morgan fingerprint density at radius 3 is 2.57 bits per heavy atom. The monoisotopic (exact) mass is 409 g/mol. The van der Waals surface area contributed by atoms with Crippen LogP contribution in [0.3, 0.4) is 0 Å². The Bertz CT molecular complexity index is 1250. The van der Waals surface area contributed by atoms with Crippen LogP contribution in [-0.2, 0) is 20.1 Å². The van der Waals surface area contributed by atoms with Gasteiger partial charge < -0.3 is 4.74 Å². The molecule has 1 N–H and O–H groups in total. The van der Waals surface area contributed by atoms with Crippen LogP contribution < -0.4 is 16.1 Å². The first kappa shape index (κ1) is 19.5. The number of nitrogens with one attached hydrogen (secondary N) is 1.